The van der Waals surface area contributed by atoms with E-state index in [1.165, 1.54) is 39.0 Å². The van der Waals surface area contributed by atoms with Crippen molar-refractivity contribution in [2.45, 2.75) is 39.5 Å². The summed E-state index contributed by atoms with van der Waals surface area (Å²) in [5.41, 5.74) is 9.08. The number of allylic oxidation sites excluding steroid dienone is 3. The third-order valence-corrected chi connectivity index (χ3v) is 5.21. The van der Waals surface area contributed by atoms with Gasteiger partial charge in [-0.05, 0) is 57.4 Å². The Morgan fingerprint density at radius 2 is 1.67 bits per heavy atom. The molecule has 1 aliphatic rings. The quantitative estimate of drug-likeness (QED) is 0.713. The molecule has 4 heteroatoms. The van der Waals surface area contributed by atoms with Gasteiger partial charge < -0.3 is 0 Å². The average molecular weight is 356 g/mol. The number of aromatic amines is 1. The second kappa shape index (κ2) is 6.62. The normalized spacial score (nSPS) is 15.5. The average Bonchev–Trinajstić information content (AvgIpc) is 3.24. The minimum absolute atomic E-state index is 0.166. The predicted molar refractivity (Wildman–Crippen MR) is 110 cm³/mol. The molecule has 4 rings (SSSR count). The van der Waals surface area contributed by atoms with E-state index in [0.717, 1.165) is 5.82 Å². The highest BCUT2D eigenvalue weighted by Crippen LogP contribution is 2.43. The first kappa shape index (κ1) is 17.4. The number of aromatic nitrogens is 4. The highest BCUT2D eigenvalue weighted by molar-refractivity contribution is 6.05. The second-order valence-electron chi connectivity index (χ2n) is 8.08. The van der Waals surface area contributed by atoms with Crippen LogP contribution in [0.3, 0.4) is 0 Å². The highest BCUT2D eigenvalue weighted by atomic mass is 15.5. The van der Waals surface area contributed by atoms with Gasteiger partial charge in [0.25, 0.3) is 0 Å². The van der Waals surface area contributed by atoms with E-state index in [-0.39, 0.29) is 5.41 Å². The standard InChI is InChI=1S/C23H24N4/c1-15-20(13-16-9-11-17(12-10-16)23(2,3)4)18-7-5-6-8-19(18)21(15)14-22-24-26-27-25-22/h5-13H,14H2,1-4H3,(H,24,25,26,27)/b20-13-. The number of rotatable bonds is 3. The van der Waals surface area contributed by atoms with E-state index >= 15 is 0 Å². The fourth-order valence-electron chi connectivity index (χ4n) is 3.62. The largest absolute Gasteiger partial charge is 0.178 e. The monoisotopic (exact) mass is 356 g/mol. The third kappa shape index (κ3) is 3.35. The molecule has 3 aromatic rings. The smallest absolute Gasteiger partial charge is 0.177 e. The first-order chi connectivity index (χ1) is 12.9. The molecule has 136 valence electrons. The number of H-pyrrole nitrogens is 1. The molecule has 0 radical (unpaired) electrons. The lowest BCUT2D eigenvalue weighted by Crippen LogP contribution is -2.10. The molecule has 0 amide bonds. The van der Waals surface area contributed by atoms with Gasteiger partial charge in [0.2, 0.25) is 0 Å². The summed E-state index contributed by atoms with van der Waals surface area (Å²) in [4.78, 5) is 0. The van der Waals surface area contributed by atoms with Gasteiger partial charge in [-0.25, -0.2) is 0 Å². The topological polar surface area (TPSA) is 54.5 Å². The summed E-state index contributed by atoms with van der Waals surface area (Å²) in [5, 5.41) is 14.5. The Morgan fingerprint density at radius 3 is 2.30 bits per heavy atom. The van der Waals surface area contributed by atoms with E-state index in [1.807, 2.05) is 0 Å². The number of hydrogen-bond donors (Lipinski definition) is 1. The summed E-state index contributed by atoms with van der Waals surface area (Å²) in [6.07, 6.45) is 2.96. The Bertz CT molecular complexity index is 1020. The van der Waals surface area contributed by atoms with Gasteiger partial charge in [0.15, 0.2) is 5.82 Å². The first-order valence-electron chi connectivity index (χ1n) is 9.28. The van der Waals surface area contributed by atoms with Crippen molar-refractivity contribution in [3.63, 3.8) is 0 Å². The SMILES string of the molecule is CC1=C(Cc2nn[nH]n2)c2ccccc2/C1=C\c1ccc(C(C)(C)C)cc1. The van der Waals surface area contributed by atoms with Crippen LogP contribution in [0.25, 0.3) is 17.2 Å². The van der Waals surface area contributed by atoms with Crippen molar-refractivity contribution in [3.05, 3.63) is 82.2 Å². The maximum Gasteiger partial charge on any atom is 0.178 e. The molecule has 1 aliphatic carbocycles. The van der Waals surface area contributed by atoms with Crippen LogP contribution in [0.15, 0.2) is 54.1 Å². The van der Waals surface area contributed by atoms with Gasteiger partial charge in [-0.2, -0.15) is 5.21 Å². The molecule has 4 nitrogen and oxygen atoms in total. The van der Waals surface area contributed by atoms with Gasteiger partial charge in [0.05, 0.1) is 0 Å². The lowest BCUT2D eigenvalue weighted by molar-refractivity contribution is 0.590. The molecule has 1 N–H and O–H groups in total. The zero-order valence-corrected chi connectivity index (χ0v) is 16.2. The van der Waals surface area contributed by atoms with Crippen molar-refractivity contribution in [1.82, 2.24) is 20.6 Å². The maximum absolute atomic E-state index is 4.13. The Morgan fingerprint density at radius 1 is 0.963 bits per heavy atom. The number of nitrogens with zero attached hydrogens (tertiary/aromatic N) is 3. The number of nitrogens with one attached hydrogen (secondary N) is 1. The van der Waals surface area contributed by atoms with E-state index in [9.17, 15) is 0 Å². The molecule has 0 aliphatic heterocycles. The molecule has 0 spiro atoms. The molecule has 27 heavy (non-hydrogen) atoms. The van der Waals surface area contributed by atoms with Crippen LogP contribution in [0.4, 0.5) is 0 Å². The van der Waals surface area contributed by atoms with E-state index < -0.39 is 0 Å². The van der Waals surface area contributed by atoms with Gasteiger partial charge in [0, 0.05) is 6.42 Å². The van der Waals surface area contributed by atoms with Crippen LogP contribution in [-0.2, 0) is 11.8 Å². The first-order valence-corrected chi connectivity index (χ1v) is 9.28. The molecular weight excluding hydrogens is 332 g/mol. The van der Waals surface area contributed by atoms with Crippen molar-refractivity contribution >= 4 is 17.2 Å². The van der Waals surface area contributed by atoms with Crippen LogP contribution in [-0.4, -0.2) is 20.6 Å². The Hall–Kier alpha value is -3.01. The summed E-state index contributed by atoms with van der Waals surface area (Å²) in [7, 11) is 0. The van der Waals surface area contributed by atoms with Crippen LogP contribution in [0.1, 0.15) is 55.8 Å². The van der Waals surface area contributed by atoms with Crippen molar-refractivity contribution in [1.29, 1.82) is 0 Å². The lowest BCUT2D eigenvalue weighted by atomic mass is 9.86. The zero-order chi connectivity index (χ0) is 19.0. The fraction of sp³-hybridized carbons (Fsp3) is 0.261. The van der Waals surface area contributed by atoms with Crippen LogP contribution in [0, 0.1) is 0 Å². The van der Waals surface area contributed by atoms with Crippen molar-refractivity contribution < 1.29 is 0 Å². The minimum atomic E-state index is 0.166. The van der Waals surface area contributed by atoms with E-state index in [4.69, 9.17) is 0 Å². The molecule has 1 aromatic heterocycles. The summed E-state index contributed by atoms with van der Waals surface area (Å²) < 4.78 is 0. The molecule has 0 fully saturated rings. The molecule has 0 saturated heterocycles. The van der Waals surface area contributed by atoms with E-state index in [0.29, 0.717) is 6.42 Å². The number of fused-ring (bicyclic) bond motifs is 1. The molecule has 0 atom stereocenters. The zero-order valence-electron chi connectivity index (χ0n) is 16.2. The van der Waals surface area contributed by atoms with Crippen molar-refractivity contribution in [2.75, 3.05) is 0 Å². The molecule has 2 aromatic carbocycles. The van der Waals surface area contributed by atoms with Gasteiger partial charge >= 0.3 is 0 Å². The highest BCUT2D eigenvalue weighted by Gasteiger charge is 2.24. The lowest BCUT2D eigenvalue weighted by Gasteiger charge is -2.18. The molecule has 0 bridgehead atoms. The summed E-state index contributed by atoms with van der Waals surface area (Å²) in [6, 6.07) is 17.4. The van der Waals surface area contributed by atoms with Gasteiger partial charge in [-0.15, -0.1) is 10.2 Å². The molecule has 0 saturated carbocycles. The second-order valence-corrected chi connectivity index (χ2v) is 8.08. The van der Waals surface area contributed by atoms with Gasteiger partial charge in [-0.3, -0.25) is 0 Å². The van der Waals surface area contributed by atoms with Crippen molar-refractivity contribution in [2.24, 2.45) is 0 Å². The maximum atomic E-state index is 4.13. The summed E-state index contributed by atoms with van der Waals surface area (Å²) in [5.74, 6) is 0.718. The van der Waals surface area contributed by atoms with Crippen molar-refractivity contribution in [3.8, 4) is 0 Å². The predicted octanol–water partition coefficient (Wildman–Crippen LogP) is 5.07. The van der Waals surface area contributed by atoms with E-state index in [2.05, 4.69) is 103 Å². The Balaban J connectivity index is 1.75. The fourth-order valence-corrected chi connectivity index (χ4v) is 3.62. The number of hydrogen-bond acceptors (Lipinski definition) is 3. The third-order valence-electron chi connectivity index (χ3n) is 5.21. The Kier molecular flexibility index (Phi) is 4.27. The van der Waals surface area contributed by atoms with Crippen LogP contribution >= 0.6 is 0 Å². The molecular formula is C23H24N4. The molecule has 1 heterocycles. The van der Waals surface area contributed by atoms with Crippen LogP contribution < -0.4 is 0 Å². The minimum Gasteiger partial charge on any atom is -0.177 e. The van der Waals surface area contributed by atoms with Gasteiger partial charge in [-0.1, -0.05) is 74.5 Å². The van der Waals surface area contributed by atoms with Crippen LogP contribution in [0.5, 0.6) is 0 Å². The van der Waals surface area contributed by atoms with E-state index in [1.54, 1.807) is 0 Å². The summed E-state index contributed by atoms with van der Waals surface area (Å²) >= 11 is 0. The summed E-state index contributed by atoms with van der Waals surface area (Å²) in [6.45, 7) is 8.91. The number of tetrazole rings is 1. The van der Waals surface area contributed by atoms with Gasteiger partial charge in [0.1, 0.15) is 0 Å². The van der Waals surface area contributed by atoms with Crippen LogP contribution in [0.2, 0.25) is 0 Å². The Labute approximate surface area is 160 Å². The molecule has 0 unspecified atom stereocenters. The number of benzene rings is 2.